The van der Waals surface area contributed by atoms with E-state index in [9.17, 15) is 13.2 Å². The smallest absolute Gasteiger partial charge is 0.251 e. The third-order valence-electron chi connectivity index (χ3n) is 5.89. The summed E-state index contributed by atoms with van der Waals surface area (Å²) in [4.78, 5) is 14.9. The highest BCUT2D eigenvalue weighted by Crippen LogP contribution is 2.45. The molecule has 2 aliphatic rings. The fourth-order valence-electron chi connectivity index (χ4n) is 4.42. The van der Waals surface area contributed by atoms with E-state index in [0.717, 1.165) is 13.1 Å². The van der Waals surface area contributed by atoms with Crippen molar-refractivity contribution in [3.05, 3.63) is 66.2 Å². The van der Waals surface area contributed by atoms with Crippen LogP contribution in [0.4, 0.5) is 0 Å². The lowest BCUT2D eigenvalue weighted by molar-refractivity contribution is 0.0400. The zero-order valence-corrected chi connectivity index (χ0v) is 16.7. The van der Waals surface area contributed by atoms with Crippen LogP contribution in [0.25, 0.3) is 0 Å². The Hall–Kier alpha value is -2.22. The summed E-state index contributed by atoms with van der Waals surface area (Å²) in [6.07, 6.45) is 0. The van der Waals surface area contributed by atoms with Crippen LogP contribution >= 0.6 is 0 Å². The van der Waals surface area contributed by atoms with Crippen molar-refractivity contribution in [3.63, 3.8) is 0 Å². The lowest BCUT2D eigenvalue weighted by Crippen LogP contribution is -2.63. The lowest BCUT2D eigenvalue weighted by Gasteiger charge is -2.50. The van der Waals surface area contributed by atoms with Gasteiger partial charge in [0.25, 0.3) is 5.91 Å². The summed E-state index contributed by atoms with van der Waals surface area (Å²) in [6.45, 7) is 3.26. The van der Waals surface area contributed by atoms with Gasteiger partial charge in [0.2, 0.25) is 10.0 Å². The van der Waals surface area contributed by atoms with Crippen molar-refractivity contribution in [2.45, 2.75) is 4.90 Å². The second-order valence-corrected chi connectivity index (χ2v) is 9.86. The zero-order valence-electron chi connectivity index (χ0n) is 15.9. The highest BCUT2D eigenvalue weighted by molar-refractivity contribution is 7.89. The predicted molar refractivity (Wildman–Crippen MR) is 107 cm³/mol. The summed E-state index contributed by atoms with van der Waals surface area (Å²) >= 11 is 0. The van der Waals surface area contributed by atoms with E-state index in [0.29, 0.717) is 30.1 Å². The molecule has 1 N–H and O–H groups in total. The van der Waals surface area contributed by atoms with E-state index in [1.54, 1.807) is 40.7 Å². The summed E-state index contributed by atoms with van der Waals surface area (Å²) in [7, 11) is -1.40. The number of sulfonamides is 1. The molecule has 2 aromatic rings. The van der Waals surface area contributed by atoms with Crippen LogP contribution in [0, 0.1) is 11.3 Å². The molecule has 0 radical (unpaired) electrons. The Morgan fingerprint density at radius 3 is 2.29 bits per heavy atom. The number of rotatable bonds is 5. The van der Waals surface area contributed by atoms with E-state index in [2.05, 4.69) is 17.3 Å². The fraction of sp³-hybridized carbons (Fsp3) is 0.381. The van der Waals surface area contributed by atoms with Gasteiger partial charge in [-0.2, -0.15) is 4.31 Å². The van der Waals surface area contributed by atoms with Gasteiger partial charge in [0, 0.05) is 43.7 Å². The van der Waals surface area contributed by atoms with Gasteiger partial charge >= 0.3 is 0 Å². The molecule has 2 saturated heterocycles. The highest BCUT2D eigenvalue weighted by atomic mass is 32.2. The standard InChI is InChI=1S/C21H25N3O3S/c1-23-13-18(12-22-20(25)17-8-4-2-5-9-17)21(14-23)15-24(16-21)28(26,27)19-10-6-3-7-11-19/h2-11,18H,12-16H2,1H3,(H,22,25). The van der Waals surface area contributed by atoms with E-state index in [1.165, 1.54) is 0 Å². The number of likely N-dealkylation sites (tertiary alicyclic amines) is 1. The maximum atomic E-state index is 12.8. The molecule has 2 aromatic carbocycles. The average molecular weight is 400 g/mol. The molecule has 2 heterocycles. The van der Waals surface area contributed by atoms with Gasteiger partial charge in [-0.05, 0) is 37.2 Å². The first-order chi connectivity index (χ1) is 13.4. The van der Waals surface area contributed by atoms with Crippen LogP contribution in [0.5, 0.6) is 0 Å². The van der Waals surface area contributed by atoms with Crippen LogP contribution in [-0.4, -0.2) is 63.3 Å². The van der Waals surface area contributed by atoms with Gasteiger partial charge in [0.05, 0.1) is 4.90 Å². The van der Waals surface area contributed by atoms with Crippen molar-refractivity contribution in [1.82, 2.24) is 14.5 Å². The van der Waals surface area contributed by atoms with Gasteiger partial charge in [-0.25, -0.2) is 8.42 Å². The van der Waals surface area contributed by atoms with Gasteiger partial charge in [0.1, 0.15) is 0 Å². The first-order valence-electron chi connectivity index (χ1n) is 9.48. The molecular formula is C21H25N3O3S. The number of nitrogens with one attached hydrogen (secondary N) is 1. The van der Waals surface area contributed by atoms with E-state index in [-0.39, 0.29) is 17.2 Å². The summed E-state index contributed by atoms with van der Waals surface area (Å²) < 4.78 is 27.2. The molecule has 7 heteroatoms. The molecular weight excluding hydrogens is 374 g/mol. The largest absolute Gasteiger partial charge is 0.352 e. The quantitative estimate of drug-likeness (QED) is 0.830. The molecule has 1 spiro atoms. The van der Waals surface area contributed by atoms with Gasteiger partial charge in [0.15, 0.2) is 0 Å². The maximum absolute atomic E-state index is 12.8. The number of hydrogen-bond donors (Lipinski definition) is 1. The summed E-state index contributed by atoms with van der Waals surface area (Å²) in [5, 5.41) is 3.04. The molecule has 0 aliphatic carbocycles. The Balaban J connectivity index is 1.42. The monoisotopic (exact) mass is 399 g/mol. The third kappa shape index (κ3) is 3.45. The van der Waals surface area contributed by atoms with Crippen molar-refractivity contribution in [2.24, 2.45) is 11.3 Å². The Bertz CT molecular complexity index is 941. The van der Waals surface area contributed by atoms with Crippen LogP contribution in [0.3, 0.4) is 0 Å². The van der Waals surface area contributed by atoms with Crippen molar-refractivity contribution < 1.29 is 13.2 Å². The van der Waals surface area contributed by atoms with Crippen molar-refractivity contribution in [1.29, 1.82) is 0 Å². The molecule has 2 aliphatic heterocycles. The average Bonchev–Trinajstić information content (AvgIpc) is 3.03. The molecule has 0 bridgehead atoms. The van der Waals surface area contributed by atoms with Crippen LogP contribution in [0.1, 0.15) is 10.4 Å². The second-order valence-electron chi connectivity index (χ2n) is 7.92. The number of carbonyl (C=O) groups is 1. The van der Waals surface area contributed by atoms with Crippen molar-refractivity contribution in [2.75, 3.05) is 39.8 Å². The maximum Gasteiger partial charge on any atom is 0.251 e. The van der Waals surface area contributed by atoms with Crippen LogP contribution in [0.15, 0.2) is 65.6 Å². The first-order valence-corrected chi connectivity index (χ1v) is 10.9. The topological polar surface area (TPSA) is 69.7 Å². The first kappa shape index (κ1) is 19.1. The highest BCUT2D eigenvalue weighted by Gasteiger charge is 2.56. The lowest BCUT2D eigenvalue weighted by atomic mass is 9.73. The SMILES string of the molecule is CN1CC(CNC(=O)c2ccccc2)C2(C1)CN(S(=O)(=O)c1ccccc1)C2. The number of carbonyl (C=O) groups excluding carboxylic acids is 1. The minimum atomic E-state index is -3.45. The minimum absolute atomic E-state index is 0.0848. The Morgan fingerprint density at radius 2 is 1.64 bits per heavy atom. The molecule has 0 aromatic heterocycles. The van der Waals surface area contributed by atoms with Crippen molar-refractivity contribution >= 4 is 15.9 Å². The molecule has 1 unspecified atom stereocenters. The number of nitrogens with zero attached hydrogens (tertiary/aromatic N) is 2. The van der Waals surface area contributed by atoms with Crippen LogP contribution in [-0.2, 0) is 10.0 Å². The normalized spacial score (nSPS) is 22.1. The van der Waals surface area contributed by atoms with E-state index in [4.69, 9.17) is 0 Å². The number of hydrogen-bond acceptors (Lipinski definition) is 4. The Kier molecular flexibility index (Phi) is 4.99. The molecule has 1 atom stereocenters. The summed E-state index contributed by atoms with van der Waals surface area (Å²) in [6, 6.07) is 17.7. The summed E-state index contributed by atoms with van der Waals surface area (Å²) in [5.41, 5.74) is 0.547. The number of benzene rings is 2. The van der Waals surface area contributed by atoms with Gasteiger partial charge < -0.3 is 10.2 Å². The molecule has 1 amide bonds. The Labute approximate surface area is 166 Å². The molecule has 28 heavy (non-hydrogen) atoms. The van der Waals surface area contributed by atoms with E-state index in [1.807, 2.05) is 24.3 Å². The molecule has 2 fully saturated rings. The predicted octanol–water partition coefficient (Wildman–Crippen LogP) is 1.67. The van der Waals surface area contributed by atoms with Gasteiger partial charge in [-0.15, -0.1) is 0 Å². The summed E-state index contributed by atoms with van der Waals surface area (Å²) in [5.74, 6) is 0.144. The van der Waals surface area contributed by atoms with Crippen LogP contribution < -0.4 is 5.32 Å². The minimum Gasteiger partial charge on any atom is -0.352 e. The van der Waals surface area contributed by atoms with Crippen LogP contribution in [0.2, 0.25) is 0 Å². The third-order valence-corrected chi connectivity index (χ3v) is 7.70. The number of amides is 1. The second kappa shape index (κ2) is 7.31. The zero-order chi connectivity index (χ0) is 19.8. The molecule has 4 rings (SSSR count). The van der Waals surface area contributed by atoms with Gasteiger partial charge in [-0.3, -0.25) is 4.79 Å². The van der Waals surface area contributed by atoms with E-state index >= 15 is 0 Å². The van der Waals surface area contributed by atoms with E-state index < -0.39 is 10.0 Å². The fourth-order valence-corrected chi connectivity index (χ4v) is 6.07. The molecule has 0 saturated carbocycles. The molecule has 6 nitrogen and oxygen atoms in total. The van der Waals surface area contributed by atoms with Gasteiger partial charge in [-0.1, -0.05) is 36.4 Å². The molecule has 148 valence electrons. The van der Waals surface area contributed by atoms with Crippen molar-refractivity contribution in [3.8, 4) is 0 Å². The Morgan fingerprint density at radius 1 is 1.04 bits per heavy atom.